The van der Waals surface area contributed by atoms with Crippen LogP contribution in [0.5, 0.6) is 0 Å². The Bertz CT molecular complexity index is 400. The van der Waals surface area contributed by atoms with E-state index in [1.807, 2.05) is 0 Å². The van der Waals surface area contributed by atoms with E-state index in [2.05, 4.69) is 55.4 Å². The number of ether oxygens (including phenoxy) is 4. The first-order chi connectivity index (χ1) is 17.8. The smallest absolute Gasteiger partial charge is 0.378 e. The van der Waals surface area contributed by atoms with Crippen molar-refractivity contribution in [3.05, 3.63) is 0 Å². The molecular formula is C28H60O8Si. The lowest BCUT2D eigenvalue weighted by molar-refractivity contribution is -0.0512. The molecule has 4 atom stereocenters. The lowest BCUT2D eigenvalue weighted by atomic mass is 10.3. The van der Waals surface area contributed by atoms with Gasteiger partial charge in [-0.2, -0.15) is 0 Å². The van der Waals surface area contributed by atoms with Crippen LogP contribution in [-0.4, -0.2) is 86.3 Å². The summed E-state index contributed by atoms with van der Waals surface area (Å²) in [6.45, 7) is 21.2. The number of rotatable bonds is 28. The van der Waals surface area contributed by atoms with Gasteiger partial charge in [-0.3, -0.25) is 0 Å². The molecule has 0 bridgehead atoms. The molecule has 0 saturated heterocycles. The Morgan fingerprint density at radius 1 is 0.378 bits per heavy atom. The zero-order chi connectivity index (χ0) is 27.8. The second kappa shape index (κ2) is 24.9. The van der Waals surface area contributed by atoms with Gasteiger partial charge in [-0.05, 0) is 79.1 Å². The molecule has 0 heterocycles. The summed E-state index contributed by atoms with van der Waals surface area (Å²) < 4.78 is 48.3. The third-order valence-corrected chi connectivity index (χ3v) is 8.41. The van der Waals surface area contributed by atoms with E-state index in [0.717, 1.165) is 51.4 Å². The highest BCUT2D eigenvalue weighted by molar-refractivity contribution is 6.53. The van der Waals surface area contributed by atoms with Crippen molar-refractivity contribution >= 4 is 9.05 Å². The van der Waals surface area contributed by atoms with E-state index in [0.29, 0.717) is 52.9 Å². The van der Waals surface area contributed by atoms with Gasteiger partial charge >= 0.3 is 9.05 Å². The normalized spacial score (nSPS) is 16.9. The lowest BCUT2D eigenvalue weighted by Crippen LogP contribution is -2.50. The van der Waals surface area contributed by atoms with Gasteiger partial charge in [-0.1, -0.05) is 27.7 Å². The van der Waals surface area contributed by atoms with Crippen LogP contribution in [0.15, 0.2) is 0 Å². The lowest BCUT2D eigenvalue weighted by Gasteiger charge is -2.28. The molecule has 0 N–H and O–H groups in total. The van der Waals surface area contributed by atoms with Gasteiger partial charge < -0.3 is 36.7 Å². The van der Waals surface area contributed by atoms with Crippen LogP contribution >= 0.6 is 0 Å². The molecule has 0 amide bonds. The number of hydrogen-bond donors (Lipinski definition) is 0. The fourth-order valence-corrected chi connectivity index (χ4v) is 4.96. The Morgan fingerprint density at radius 3 is 0.784 bits per heavy atom. The maximum absolute atomic E-state index is 6.26. The van der Waals surface area contributed by atoms with Gasteiger partial charge in [0.05, 0.1) is 24.4 Å². The largest absolute Gasteiger partial charge is 0.679 e. The molecule has 37 heavy (non-hydrogen) atoms. The van der Waals surface area contributed by atoms with E-state index in [1.165, 1.54) is 0 Å². The highest BCUT2D eigenvalue weighted by Gasteiger charge is 2.45. The second-order valence-electron chi connectivity index (χ2n) is 9.67. The van der Waals surface area contributed by atoms with E-state index in [4.69, 9.17) is 36.7 Å². The van der Waals surface area contributed by atoms with Crippen molar-refractivity contribution in [1.82, 2.24) is 0 Å². The average molecular weight is 553 g/mol. The first kappa shape index (κ1) is 36.9. The van der Waals surface area contributed by atoms with Crippen LogP contribution in [-0.2, 0) is 36.7 Å². The number of hydrogen-bond acceptors (Lipinski definition) is 8. The van der Waals surface area contributed by atoms with Gasteiger partial charge in [0.15, 0.2) is 0 Å². The molecule has 0 aromatic heterocycles. The quantitative estimate of drug-likeness (QED) is 0.0826. The predicted octanol–water partition coefficient (Wildman–Crippen LogP) is 6.31. The Balaban J connectivity index is 5.00. The summed E-state index contributed by atoms with van der Waals surface area (Å²) in [4.78, 5) is 0. The SMILES string of the molecule is CCC(C)OCCCO[Si](OCCCOC(C)CC)(OCCCOC(C)CC)OCCCOC(C)CC. The molecule has 8 nitrogen and oxygen atoms in total. The highest BCUT2D eigenvalue weighted by atomic mass is 28.4. The molecule has 0 aliphatic rings. The van der Waals surface area contributed by atoms with Crippen LogP contribution in [0.3, 0.4) is 0 Å². The van der Waals surface area contributed by atoms with Crippen molar-refractivity contribution in [2.75, 3.05) is 52.9 Å². The van der Waals surface area contributed by atoms with Crippen LogP contribution in [0.4, 0.5) is 0 Å². The molecule has 224 valence electrons. The summed E-state index contributed by atoms with van der Waals surface area (Å²) in [6, 6.07) is 0. The van der Waals surface area contributed by atoms with Crippen LogP contribution in [0.2, 0.25) is 0 Å². The summed E-state index contributed by atoms with van der Waals surface area (Å²) in [6.07, 6.45) is 7.94. The maximum atomic E-state index is 6.26. The van der Waals surface area contributed by atoms with Gasteiger partial charge in [-0.25, -0.2) is 0 Å². The molecule has 4 unspecified atom stereocenters. The van der Waals surface area contributed by atoms with E-state index in [9.17, 15) is 0 Å². The predicted molar refractivity (Wildman–Crippen MR) is 151 cm³/mol. The summed E-state index contributed by atoms with van der Waals surface area (Å²) >= 11 is 0. The first-order valence-electron chi connectivity index (χ1n) is 14.8. The molecular weight excluding hydrogens is 492 g/mol. The van der Waals surface area contributed by atoms with Crippen molar-refractivity contribution in [2.45, 2.75) is 131 Å². The van der Waals surface area contributed by atoms with Crippen LogP contribution in [0.25, 0.3) is 0 Å². The molecule has 0 aliphatic heterocycles. The summed E-state index contributed by atoms with van der Waals surface area (Å²) in [7, 11) is -3.36. The minimum Gasteiger partial charge on any atom is -0.378 e. The van der Waals surface area contributed by atoms with E-state index < -0.39 is 9.05 Å². The third-order valence-electron chi connectivity index (χ3n) is 6.18. The second-order valence-corrected chi connectivity index (χ2v) is 11.8. The van der Waals surface area contributed by atoms with Gasteiger partial charge in [-0.15, -0.1) is 0 Å². The maximum Gasteiger partial charge on any atom is 0.679 e. The van der Waals surface area contributed by atoms with Gasteiger partial charge in [0.1, 0.15) is 0 Å². The van der Waals surface area contributed by atoms with E-state index >= 15 is 0 Å². The fourth-order valence-electron chi connectivity index (χ4n) is 2.88. The molecule has 0 saturated carbocycles. The van der Waals surface area contributed by atoms with Gasteiger partial charge in [0.2, 0.25) is 0 Å². The zero-order valence-corrected chi connectivity index (χ0v) is 26.4. The van der Waals surface area contributed by atoms with E-state index in [-0.39, 0.29) is 24.4 Å². The van der Waals surface area contributed by atoms with Crippen molar-refractivity contribution in [3.63, 3.8) is 0 Å². The summed E-state index contributed by atoms with van der Waals surface area (Å²) in [5.74, 6) is 0. The third kappa shape index (κ3) is 21.4. The molecule has 0 rings (SSSR count). The molecule has 0 spiro atoms. The van der Waals surface area contributed by atoms with Gasteiger partial charge in [0.25, 0.3) is 0 Å². The zero-order valence-electron chi connectivity index (χ0n) is 25.4. The van der Waals surface area contributed by atoms with Crippen molar-refractivity contribution in [3.8, 4) is 0 Å². The van der Waals surface area contributed by atoms with Crippen molar-refractivity contribution < 1.29 is 36.7 Å². The van der Waals surface area contributed by atoms with Crippen LogP contribution in [0.1, 0.15) is 107 Å². The molecule has 0 radical (unpaired) electrons. The Labute approximate surface area is 229 Å². The monoisotopic (exact) mass is 552 g/mol. The van der Waals surface area contributed by atoms with Crippen molar-refractivity contribution in [2.24, 2.45) is 0 Å². The first-order valence-corrected chi connectivity index (χ1v) is 16.5. The van der Waals surface area contributed by atoms with Gasteiger partial charge in [0, 0.05) is 52.9 Å². The standard InChI is InChI=1S/C28H60O8Si/c1-9-25(5)29-17-13-21-33-37(34-22-14-18-30-26(6)10-2,35-23-15-19-31-27(7)11-3)36-24-16-20-32-28(8)12-4/h25-28H,9-24H2,1-8H3. The Kier molecular flexibility index (Phi) is 24.8. The minimum atomic E-state index is -3.36. The Morgan fingerprint density at radius 2 is 0.595 bits per heavy atom. The molecule has 0 fully saturated rings. The summed E-state index contributed by atoms with van der Waals surface area (Å²) in [5.41, 5.74) is 0. The van der Waals surface area contributed by atoms with Crippen molar-refractivity contribution in [1.29, 1.82) is 0 Å². The van der Waals surface area contributed by atoms with E-state index in [1.54, 1.807) is 0 Å². The van der Waals surface area contributed by atoms with Crippen LogP contribution in [0, 0.1) is 0 Å². The summed E-state index contributed by atoms with van der Waals surface area (Å²) in [5, 5.41) is 0. The molecule has 9 heteroatoms. The Hall–Kier alpha value is -0.103. The minimum absolute atomic E-state index is 0.243. The highest BCUT2D eigenvalue weighted by Crippen LogP contribution is 2.16. The molecule has 0 aliphatic carbocycles. The molecule has 0 aromatic carbocycles. The molecule has 0 aromatic rings. The topological polar surface area (TPSA) is 73.8 Å². The average Bonchev–Trinajstić information content (AvgIpc) is 2.91. The van der Waals surface area contributed by atoms with Crippen LogP contribution < -0.4 is 0 Å². The fraction of sp³-hybridized carbons (Fsp3) is 1.00.